The number of phenolic OH excluding ortho intramolecular Hbond substituents is 1. The summed E-state index contributed by atoms with van der Waals surface area (Å²) in [6.07, 6.45) is 5.06. The third-order valence-corrected chi connectivity index (χ3v) is 5.14. The molecule has 0 saturated heterocycles. The standard InChI is InChI=1S/C13H19NO3S/c1-13(9-3-2-4-10-13)14-18(16,17)12-7-5-11(15)6-8-12/h5-8,14-15H,2-4,9-10H2,1H3. The van der Waals surface area contributed by atoms with Crippen molar-refractivity contribution in [2.75, 3.05) is 0 Å². The van der Waals surface area contributed by atoms with Crippen molar-refractivity contribution in [2.24, 2.45) is 0 Å². The molecule has 1 fully saturated rings. The summed E-state index contributed by atoms with van der Waals surface area (Å²) in [5.74, 6) is 0.0674. The molecule has 0 amide bonds. The van der Waals surface area contributed by atoms with Crippen molar-refractivity contribution >= 4 is 10.0 Å². The Bertz CT molecular complexity index is 502. The van der Waals surface area contributed by atoms with E-state index < -0.39 is 10.0 Å². The van der Waals surface area contributed by atoms with Gasteiger partial charge in [-0.3, -0.25) is 0 Å². The molecule has 0 unspecified atom stereocenters. The summed E-state index contributed by atoms with van der Waals surface area (Å²) in [5, 5.41) is 9.18. The maximum Gasteiger partial charge on any atom is 0.241 e. The molecule has 2 rings (SSSR count). The zero-order chi connectivity index (χ0) is 13.2. The van der Waals surface area contributed by atoms with Crippen LogP contribution in [0.15, 0.2) is 29.2 Å². The van der Waals surface area contributed by atoms with Crippen molar-refractivity contribution in [2.45, 2.75) is 49.5 Å². The van der Waals surface area contributed by atoms with Crippen LogP contribution in [0, 0.1) is 0 Å². The minimum atomic E-state index is -3.50. The average Bonchev–Trinajstić information content (AvgIpc) is 2.29. The van der Waals surface area contributed by atoms with Gasteiger partial charge in [-0.25, -0.2) is 13.1 Å². The van der Waals surface area contributed by atoms with E-state index in [1.54, 1.807) is 0 Å². The molecule has 0 aromatic heterocycles. The van der Waals surface area contributed by atoms with Crippen LogP contribution >= 0.6 is 0 Å². The average molecular weight is 269 g/mol. The third kappa shape index (κ3) is 3.03. The molecule has 0 atom stereocenters. The number of hydrogen-bond donors (Lipinski definition) is 2. The van der Waals surface area contributed by atoms with Crippen LogP contribution in [0.1, 0.15) is 39.0 Å². The Morgan fingerprint density at radius 3 is 2.22 bits per heavy atom. The fourth-order valence-corrected chi connectivity index (χ4v) is 3.91. The lowest BCUT2D eigenvalue weighted by Gasteiger charge is -2.34. The highest BCUT2D eigenvalue weighted by atomic mass is 32.2. The first kappa shape index (κ1) is 13.4. The SMILES string of the molecule is CC1(NS(=O)(=O)c2ccc(O)cc2)CCCCC1. The summed E-state index contributed by atoms with van der Waals surface area (Å²) in [5.41, 5.74) is -0.338. The molecule has 1 aromatic rings. The van der Waals surface area contributed by atoms with Crippen LogP contribution in [-0.4, -0.2) is 19.1 Å². The van der Waals surface area contributed by atoms with Gasteiger partial charge >= 0.3 is 0 Å². The van der Waals surface area contributed by atoms with Gasteiger partial charge in [-0.1, -0.05) is 19.3 Å². The highest BCUT2D eigenvalue weighted by molar-refractivity contribution is 7.89. The summed E-state index contributed by atoms with van der Waals surface area (Å²) >= 11 is 0. The molecule has 0 radical (unpaired) electrons. The smallest absolute Gasteiger partial charge is 0.241 e. The van der Waals surface area contributed by atoms with Crippen molar-refractivity contribution in [1.82, 2.24) is 4.72 Å². The zero-order valence-electron chi connectivity index (χ0n) is 10.5. The van der Waals surface area contributed by atoms with Crippen molar-refractivity contribution in [1.29, 1.82) is 0 Å². The van der Waals surface area contributed by atoms with Gasteiger partial charge in [0.2, 0.25) is 10.0 Å². The molecule has 0 spiro atoms. The molecule has 1 aliphatic rings. The van der Waals surface area contributed by atoms with Gasteiger partial charge in [0.15, 0.2) is 0 Å². The first-order valence-corrected chi connectivity index (χ1v) is 7.73. The molecule has 2 N–H and O–H groups in total. The second-order valence-electron chi connectivity index (χ2n) is 5.22. The van der Waals surface area contributed by atoms with Gasteiger partial charge in [0.05, 0.1) is 4.90 Å². The predicted molar refractivity (Wildman–Crippen MR) is 69.9 cm³/mol. The summed E-state index contributed by atoms with van der Waals surface area (Å²) < 4.78 is 27.2. The summed E-state index contributed by atoms with van der Waals surface area (Å²) in [4.78, 5) is 0.201. The van der Waals surface area contributed by atoms with E-state index in [-0.39, 0.29) is 16.2 Å². The van der Waals surface area contributed by atoms with Crippen LogP contribution in [0.2, 0.25) is 0 Å². The molecule has 1 saturated carbocycles. The van der Waals surface area contributed by atoms with Crippen LogP contribution in [0.5, 0.6) is 5.75 Å². The van der Waals surface area contributed by atoms with Crippen LogP contribution < -0.4 is 4.72 Å². The van der Waals surface area contributed by atoms with Crippen LogP contribution in [-0.2, 0) is 10.0 Å². The fraction of sp³-hybridized carbons (Fsp3) is 0.538. The van der Waals surface area contributed by atoms with Crippen LogP contribution in [0.4, 0.5) is 0 Å². The number of nitrogens with one attached hydrogen (secondary N) is 1. The molecule has 0 bridgehead atoms. The van der Waals surface area contributed by atoms with E-state index in [2.05, 4.69) is 4.72 Å². The first-order chi connectivity index (χ1) is 8.41. The third-order valence-electron chi connectivity index (χ3n) is 3.48. The van der Waals surface area contributed by atoms with Crippen LogP contribution in [0.3, 0.4) is 0 Å². The molecular weight excluding hydrogens is 250 g/mol. The second kappa shape index (κ2) is 4.90. The molecule has 100 valence electrons. The maximum absolute atomic E-state index is 12.2. The minimum absolute atomic E-state index is 0.0674. The van der Waals surface area contributed by atoms with E-state index in [1.165, 1.54) is 30.7 Å². The Morgan fingerprint density at radius 1 is 1.11 bits per heavy atom. The number of benzene rings is 1. The highest BCUT2D eigenvalue weighted by Gasteiger charge is 2.31. The number of hydrogen-bond acceptors (Lipinski definition) is 3. The first-order valence-electron chi connectivity index (χ1n) is 6.24. The fourth-order valence-electron chi connectivity index (χ4n) is 2.44. The number of sulfonamides is 1. The largest absolute Gasteiger partial charge is 0.508 e. The molecule has 1 aromatic carbocycles. The van der Waals surface area contributed by atoms with E-state index in [9.17, 15) is 13.5 Å². The second-order valence-corrected chi connectivity index (χ2v) is 6.90. The van der Waals surface area contributed by atoms with E-state index in [1.807, 2.05) is 6.92 Å². The normalized spacial score (nSPS) is 19.6. The minimum Gasteiger partial charge on any atom is -0.508 e. The predicted octanol–water partition coefficient (Wildman–Crippen LogP) is 2.39. The van der Waals surface area contributed by atoms with E-state index >= 15 is 0 Å². The van der Waals surface area contributed by atoms with E-state index in [4.69, 9.17) is 0 Å². The summed E-state index contributed by atoms with van der Waals surface area (Å²) in [6, 6.07) is 5.61. The lowest BCUT2D eigenvalue weighted by molar-refractivity contribution is 0.294. The summed E-state index contributed by atoms with van der Waals surface area (Å²) in [7, 11) is -3.50. The van der Waals surface area contributed by atoms with Gasteiger partial charge in [0.25, 0.3) is 0 Å². The quantitative estimate of drug-likeness (QED) is 0.885. The molecule has 0 heterocycles. The van der Waals surface area contributed by atoms with Gasteiger partial charge in [0, 0.05) is 5.54 Å². The van der Waals surface area contributed by atoms with Crippen LogP contribution in [0.25, 0.3) is 0 Å². The molecule has 18 heavy (non-hydrogen) atoms. The van der Waals surface area contributed by atoms with E-state index in [0.717, 1.165) is 25.7 Å². The molecule has 5 heteroatoms. The lowest BCUT2D eigenvalue weighted by Crippen LogP contribution is -2.47. The molecular formula is C13H19NO3S. The molecule has 1 aliphatic carbocycles. The highest BCUT2D eigenvalue weighted by Crippen LogP contribution is 2.29. The van der Waals surface area contributed by atoms with E-state index in [0.29, 0.717) is 0 Å². The van der Waals surface area contributed by atoms with Gasteiger partial charge in [-0.15, -0.1) is 0 Å². The molecule has 0 aliphatic heterocycles. The van der Waals surface area contributed by atoms with Crippen molar-refractivity contribution < 1.29 is 13.5 Å². The van der Waals surface area contributed by atoms with Gasteiger partial charge < -0.3 is 5.11 Å². The Hall–Kier alpha value is -1.07. The Kier molecular flexibility index (Phi) is 3.64. The zero-order valence-corrected chi connectivity index (χ0v) is 11.3. The Labute approximate surface area is 108 Å². The summed E-state index contributed by atoms with van der Waals surface area (Å²) in [6.45, 7) is 1.96. The Morgan fingerprint density at radius 2 is 1.67 bits per heavy atom. The van der Waals surface area contributed by atoms with Crippen molar-refractivity contribution in [3.63, 3.8) is 0 Å². The number of rotatable bonds is 3. The van der Waals surface area contributed by atoms with Crippen molar-refractivity contribution in [3.05, 3.63) is 24.3 Å². The van der Waals surface area contributed by atoms with Crippen molar-refractivity contribution in [3.8, 4) is 5.75 Å². The number of phenols is 1. The molecule has 4 nitrogen and oxygen atoms in total. The number of aromatic hydroxyl groups is 1. The van der Waals surface area contributed by atoms with Gasteiger partial charge in [-0.2, -0.15) is 0 Å². The monoisotopic (exact) mass is 269 g/mol. The van der Waals surface area contributed by atoms with Gasteiger partial charge in [-0.05, 0) is 44.0 Å². The lowest BCUT2D eigenvalue weighted by atomic mass is 9.84. The Balaban J connectivity index is 2.18. The maximum atomic E-state index is 12.2. The topological polar surface area (TPSA) is 66.4 Å². The van der Waals surface area contributed by atoms with Gasteiger partial charge in [0.1, 0.15) is 5.75 Å².